The number of benzene rings is 2. The highest BCUT2D eigenvalue weighted by atomic mass is 32.1. The normalized spacial score (nSPS) is 11.0. The highest BCUT2D eigenvalue weighted by Crippen LogP contribution is 2.13. The van der Waals surface area contributed by atoms with Gasteiger partial charge in [-0.3, -0.25) is 0 Å². The molecule has 0 aliphatic carbocycles. The topological polar surface area (TPSA) is 24.1 Å². The molecule has 0 saturated carbocycles. The van der Waals surface area contributed by atoms with E-state index in [0.717, 1.165) is 12.1 Å². The van der Waals surface area contributed by atoms with Crippen molar-refractivity contribution < 1.29 is 4.39 Å². The largest absolute Gasteiger partial charge is 0.357 e. The van der Waals surface area contributed by atoms with Crippen LogP contribution >= 0.6 is 12.2 Å². The summed E-state index contributed by atoms with van der Waals surface area (Å²) in [6, 6.07) is 16.4. The summed E-state index contributed by atoms with van der Waals surface area (Å²) in [6.07, 6.45) is 0.860. The molecular formula is C17H19FN2S. The molecule has 0 saturated heterocycles. The minimum atomic E-state index is -0.260. The predicted molar refractivity (Wildman–Crippen MR) is 90.0 cm³/mol. The molecule has 0 aliphatic rings. The molecule has 4 heteroatoms. The number of rotatable bonds is 4. The molecule has 110 valence electrons. The third-order valence-electron chi connectivity index (χ3n) is 3.04. The number of nitrogens with one attached hydrogen (secondary N) is 2. The van der Waals surface area contributed by atoms with Crippen LogP contribution in [0.4, 0.5) is 10.1 Å². The SMILES string of the molecule is CC(C)(Cc1ccccc1)NC(=S)Nc1ccc(F)cc1. The average molecular weight is 302 g/mol. The van der Waals surface area contributed by atoms with Crippen molar-refractivity contribution in [2.24, 2.45) is 0 Å². The molecule has 0 unspecified atom stereocenters. The number of anilines is 1. The van der Waals surface area contributed by atoms with Crippen LogP contribution in [0.25, 0.3) is 0 Å². The van der Waals surface area contributed by atoms with Crippen molar-refractivity contribution in [1.29, 1.82) is 0 Å². The van der Waals surface area contributed by atoms with Gasteiger partial charge in [-0.15, -0.1) is 0 Å². The molecule has 2 aromatic rings. The molecule has 21 heavy (non-hydrogen) atoms. The van der Waals surface area contributed by atoms with Gasteiger partial charge in [0, 0.05) is 11.2 Å². The van der Waals surface area contributed by atoms with Crippen molar-refractivity contribution >= 4 is 23.0 Å². The highest BCUT2D eigenvalue weighted by molar-refractivity contribution is 7.80. The Balaban J connectivity index is 1.93. The van der Waals surface area contributed by atoms with Gasteiger partial charge in [-0.25, -0.2) is 4.39 Å². The molecular weight excluding hydrogens is 283 g/mol. The van der Waals surface area contributed by atoms with Gasteiger partial charge in [0.25, 0.3) is 0 Å². The zero-order valence-electron chi connectivity index (χ0n) is 12.2. The molecule has 0 bridgehead atoms. The second-order valence-electron chi connectivity index (χ2n) is 5.63. The Hall–Kier alpha value is -1.94. The van der Waals surface area contributed by atoms with Gasteiger partial charge >= 0.3 is 0 Å². The Bertz CT molecular complexity index is 594. The van der Waals surface area contributed by atoms with Gasteiger partial charge in [-0.2, -0.15) is 0 Å². The minimum Gasteiger partial charge on any atom is -0.357 e. The van der Waals surface area contributed by atoms with Crippen LogP contribution in [0.3, 0.4) is 0 Å². The van der Waals surface area contributed by atoms with Crippen molar-refractivity contribution in [3.8, 4) is 0 Å². The summed E-state index contributed by atoms with van der Waals surface area (Å²) in [5.74, 6) is -0.260. The van der Waals surface area contributed by atoms with E-state index < -0.39 is 0 Å². The Morgan fingerprint density at radius 1 is 1.05 bits per heavy atom. The van der Waals surface area contributed by atoms with Crippen molar-refractivity contribution in [1.82, 2.24) is 5.32 Å². The second kappa shape index (κ2) is 6.68. The van der Waals surface area contributed by atoms with Crippen LogP contribution in [-0.4, -0.2) is 10.7 Å². The van der Waals surface area contributed by atoms with Crippen LogP contribution in [0.15, 0.2) is 54.6 Å². The molecule has 0 aromatic heterocycles. The first-order valence-corrected chi connectivity index (χ1v) is 7.24. The van der Waals surface area contributed by atoms with E-state index in [1.54, 1.807) is 12.1 Å². The Morgan fingerprint density at radius 2 is 1.67 bits per heavy atom. The fourth-order valence-corrected chi connectivity index (χ4v) is 2.55. The first-order chi connectivity index (χ1) is 9.94. The van der Waals surface area contributed by atoms with Crippen molar-refractivity contribution in [3.05, 3.63) is 66.0 Å². The third kappa shape index (κ3) is 5.16. The van der Waals surface area contributed by atoms with Gasteiger partial charge < -0.3 is 10.6 Å². The summed E-state index contributed by atoms with van der Waals surface area (Å²) in [5.41, 5.74) is 1.84. The van der Waals surface area contributed by atoms with Gasteiger partial charge in [-0.1, -0.05) is 30.3 Å². The molecule has 2 aromatic carbocycles. The van der Waals surface area contributed by atoms with E-state index in [2.05, 4.69) is 36.6 Å². The summed E-state index contributed by atoms with van der Waals surface area (Å²) >= 11 is 5.32. The maximum atomic E-state index is 12.9. The molecule has 0 fully saturated rings. The predicted octanol–water partition coefficient (Wildman–Crippen LogP) is 4.13. The summed E-state index contributed by atoms with van der Waals surface area (Å²) in [6.45, 7) is 4.19. The third-order valence-corrected chi connectivity index (χ3v) is 3.25. The molecule has 0 amide bonds. The summed E-state index contributed by atoms with van der Waals surface area (Å²) in [4.78, 5) is 0. The van der Waals surface area contributed by atoms with Crippen LogP contribution in [0, 0.1) is 5.82 Å². The Kier molecular flexibility index (Phi) is 4.91. The smallest absolute Gasteiger partial charge is 0.171 e. The van der Waals surface area contributed by atoms with Crippen molar-refractivity contribution in [2.75, 3.05) is 5.32 Å². The zero-order valence-corrected chi connectivity index (χ0v) is 13.0. The summed E-state index contributed by atoms with van der Waals surface area (Å²) in [7, 11) is 0. The summed E-state index contributed by atoms with van der Waals surface area (Å²) in [5, 5.41) is 6.89. The number of halogens is 1. The van der Waals surface area contributed by atoms with Gasteiger partial charge in [0.2, 0.25) is 0 Å². The lowest BCUT2D eigenvalue weighted by Gasteiger charge is -2.28. The zero-order chi connectivity index (χ0) is 15.3. The Morgan fingerprint density at radius 3 is 2.29 bits per heavy atom. The van der Waals surface area contributed by atoms with E-state index in [-0.39, 0.29) is 11.4 Å². The maximum absolute atomic E-state index is 12.9. The fraction of sp³-hybridized carbons (Fsp3) is 0.235. The molecule has 0 radical (unpaired) electrons. The quantitative estimate of drug-likeness (QED) is 0.830. The fourth-order valence-electron chi connectivity index (χ4n) is 2.15. The number of hydrogen-bond donors (Lipinski definition) is 2. The second-order valence-corrected chi connectivity index (χ2v) is 6.04. The summed E-state index contributed by atoms with van der Waals surface area (Å²) < 4.78 is 12.9. The molecule has 0 aliphatic heterocycles. The van der Waals surface area contributed by atoms with Gasteiger partial charge in [-0.05, 0) is 62.3 Å². The first-order valence-electron chi connectivity index (χ1n) is 6.83. The van der Waals surface area contributed by atoms with Crippen molar-refractivity contribution in [2.45, 2.75) is 25.8 Å². The molecule has 2 N–H and O–H groups in total. The molecule has 0 atom stereocenters. The van der Waals surface area contributed by atoms with Gasteiger partial charge in [0.15, 0.2) is 5.11 Å². The van der Waals surface area contributed by atoms with E-state index in [9.17, 15) is 4.39 Å². The molecule has 0 spiro atoms. The van der Waals surface area contributed by atoms with E-state index >= 15 is 0 Å². The monoisotopic (exact) mass is 302 g/mol. The van der Waals surface area contributed by atoms with Crippen LogP contribution < -0.4 is 10.6 Å². The standard InChI is InChI=1S/C17H19FN2S/c1-17(2,12-13-6-4-3-5-7-13)20-16(21)19-15-10-8-14(18)9-11-15/h3-11H,12H2,1-2H3,(H2,19,20,21). The molecule has 2 rings (SSSR count). The van der Waals surface area contributed by atoms with Crippen LogP contribution in [0.1, 0.15) is 19.4 Å². The van der Waals surface area contributed by atoms with E-state index in [0.29, 0.717) is 5.11 Å². The number of hydrogen-bond acceptors (Lipinski definition) is 1. The van der Waals surface area contributed by atoms with Crippen LogP contribution in [0.2, 0.25) is 0 Å². The van der Waals surface area contributed by atoms with Crippen molar-refractivity contribution in [3.63, 3.8) is 0 Å². The Labute approximate surface area is 130 Å². The first kappa shape index (κ1) is 15.4. The van der Waals surface area contributed by atoms with Gasteiger partial charge in [0.1, 0.15) is 5.82 Å². The van der Waals surface area contributed by atoms with Crippen LogP contribution in [-0.2, 0) is 6.42 Å². The lowest BCUT2D eigenvalue weighted by atomic mass is 9.95. The van der Waals surface area contributed by atoms with E-state index in [1.807, 2.05) is 18.2 Å². The average Bonchev–Trinajstić information content (AvgIpc) is 2.41. The molecule has 2 nitrogen and oxygen atoms in total. The molecule has 0 heterocycles. The number of thiocarbonyl (C=S) groups is 1. The maximum Gasteiger partial charge on any atom is 0.171 e. The minimum absolute atomic E-state index is 0.175. The highest BCUT2D eigenvalue weighted by Gasteiger charge is 2.19. The van der Waals surface area contributed by atoms with Crippen LogP contribution in [0.5, 0.6) is 0 Å². The lowest BCUT2D eigenvalue weighted by Crippen LogP contribution is -2.46. The van der Waals surface area contributed by atoms with E-state index in [1.165, 1.54) is 17.7 Å². The van der Waals surface area contributed by atoms with E-state index in [4.69, 9.17) is 12.2 Å². The lowest BCUT2D eigenvalue weighted by molar-refractivity contribution is 0.460. The van der Waals surface area contributed by atoms with Gasteiger partial charge in [0.05, 0.1) is 0 Å².